The summed E-state index contributed by atoms with van der Waals surface area (Å²) in [6.07, 6.45) is 5.63. The summed E-state index contributed by atoms with van der Waals surface area (Å²) in [6.45, 7) is 2.35. The zero-order valence-electron chi connectivity index (χ0n) is 9.71. The third-order valence-corrected chi connectivity index (χ3v) is 3.24. The summed E-state index contributed by atoms with van der Waals surface area (Å²) in [4.78, 5) is 0. The van der Waals surface area contributed by atoms with Crippen LogP contribution in [0.3, 0.4) is 0 Å². The van der Waals surface area contributed by atoms with Gasteiger partial charge in [-0.25, -0.2) is 0 Å². The van der Waals surface area contributed by atoms with E-state index >= 15 is 0 Å². The van der Waals surface area contributed by atoms with Gasteiger partial charge in [0.1, 0.15) is 12.2 Å². The molecular weight excluding hydrogens is 204 g/mol. The first kappa shape index (κ1) is 11.5. The summed E-state index contributed by atoms with van der Waals surface area (Å²) >= 11 is 0. The summed E-state index contributed by atoms with van der Waals surface area (Å²) in [6, 6.07) is 0.351. The van der Waals surface area contributed by atoms with Crippen LogP contribution >= 0.6 is 0 Å². The van der Waals surface area contributed by atoms with Gasteiger partial charge in [0.25, 0.3) is 0 Å². The van der Waals surface area contributed by atoms with Crippen molar-refractivity contribution in [2.45, 2.75) is 57.2 Å². The fourth-order valence-corrected chi connectivity index (χ4v) is 2.38. The van der Waals surface area contributed by atoms with Gasteiger partial charge < -0.3 is 15.4 Å². The summed E-state index contributed by atoms with van der Waals surface area (Å²) in [5.41, 5.74) is 5.89. The highest BCUT2D eigenvalue weighted by Gasteiger charge is 2.24. The number of nitrogens with zero attached hydrogens (tertiary/aromatic N) is 3. The van der Waals surface area contributed by atoms with Gasteiger partial charge in [0.05, 0.1) is 12.6 Å². The van der Waals surface area contributed by atoms with Crippen LogP contribution in [0.5, 0.6) is 0 Å². The van der Waals surface area contributed by atoms with Crippen molar-refractivity contribution in [3.8, 4) is 0 Å². The van der Waals surface area contributed by atoms with Gasteiger partial charge in [-0.1, -0.05) is 0 Å². The Balaban J connectivity index is 2.05. The van der Waals surface area contributed by atoms with Crippen molar-refractivity contribution < 1.29 is 5.11 Å². The minimum atomic E-state index is -0.361. The first-order valence-electron chi connectivity index (χ1n) is 5.98. The maximum Gasteiger partial charge on any atom is 0.136 e. The Morgan fingerprint density at radius 3 is 2.81 bits per heavy atom. The van der Waals surface area contributed by atoms with Gasteiger partial charge in [-0.3, -0.25) is 0 Å². The minimum absolute atomic E-state index is 0.351. The fraction of sp³-hybridized carbons (Fsp3) is 0.818. The van der Waals surface area contributed by atoms with Crippen LogP contribution in [0, 0.1) is 0 Å². The second-order valence-corrected chi connectivity index (χ2v) is 4.80. The highest BCUT2D eigenvalue weighted by atomic mass is 16.3. The first-order valence-corrected chi connectivity index (χ1v) is 5.98. The molecular formula is C11H20N4O. The van der Waals surface area contributed by atoms with Crippen molar-refractivity contribution in [1.82, 2.24) is 14.8 Å². The number of aromatic nitrogens is 3. The zero-order chi connectivity index (χ0) is 11.5. The first-order chi connectivity index (χ1) is 7.66. The smallest absolute Gasteiger partial charge is 0.136 e. The normalized spacial score (nSPS) is 27.9. The van der Waals surface area contributed by atoms with Gasteiger partial charge in [0, 0.05) is 12.0 Å². The highest BCUT2D eigenvalue weighted by Crippen LogP contribution is 2.30. The standard InChI is InChI=1S/C11H20N4O/c1-8(16)6-15-7-13-14-11(15)9-2-4-10(12)5-3-9/h7-10,16H,2-6,12H2,1H3. The molecule has 1 fully saturated rings. The number of aliphatic hydroxyl groups is 1. The maximum absolute atomic E-state index is 9.39. The third-order valence-electron chi connectivity index (χ3n) is 3.24. The molecule has 1 unspecified atom stereocenters. The summed E-state index contributed by atoms with van der Waals surface area (Å²) in [7, 11) is 0. The molecule has 16 heavy (non-hydrogen) atoms. The Labute approximate surface area is 95.7 Å². The topological polar surface area (TPSA) is 77.0 Å². The van der Waals surface area contributed by atoms with E-state index in [0.29, 0.717) is 18.5 Å². The van der Waals surface area contributed by atoms with Gasteiger partial charge in [-0.2, -0.15) is 0 Å². The van der Waals surface area contributed by atoms with E-state index in [1.54, 1.807) is 13.3 Å². The molecule has 5 heteroatoms. The molecule has 1 aromatic rings. The molecule has 0 spiro atoms. The van der Waals surface area contributed by atoms with Gasteiger partial charge in [0.15, 0.2) is 0 Å². The average Bonchev–Trinajstić information content (AvgIpc) is 2.66. The highest BCUT2D eigenvalue weighted by molar-refractivity contribution is 4.99. The Hall–Kier alpha value is -0.940. The molecule has 0 aromatic carbocycles. The van der Waals surface area contributed by atoms with Gasteiger partial charge in [-0.05, 0) is 32.6 Å². The van der Waals surface area contributed by atoms with E-state index in [0.717, 1.165) is 31.5 Å². The molecule has 1 heterocycles. The molecule has 1 aromatic heterocycles. The van der Waals surface area contributed by atoms with E-state index in [9.17, 15) is 5.11 Å². The molecule has 2 rings (SSSR count). The lowest BCUT2D eigenvalue weighted by Gasteiger charge is -2.25. The van der Waals surface area contributed by atoms with E-state index in [4.69, 9.17) is 5.73 Å². The molecule has 0 aliphatic heterocycles. The SMILES string of the molecule is CC(O)Cn1cnnc1C1CCC(N)CC1. The van der Waals surface area contributed by atoms with E-state index in [1.807, 2.05) is 4.57 Å². The molecule has 1 aliphatic rings. The Morgan fingerprint density at radius 1 is 1.50 bits per heavy atom. The van der Waals surface area contributed by atoms with Crippen LogP contribution in [0.15, 0.2) is 6.33 Å². The van der Waals surface area contributed by atoms with Crippen molar-refractivity contribution in [2.24, 2.45) is 5.73 Å². The zero-order valence-corrected chi connectivity index (χ0v) is 9.71. The van der Waals surface area contributed by atoms with Gasteiger partial charge in [0.2, 0.25) is 0 Å². The number of nitrogens with two attached hydrogens (primary N) is 1. The Kier molecular flexibility index (Phi) is 3.56. The average molecular weight is 224 g/mol. The van der Waals surface area contributed by atoms with E-state index in [2.05, 4.69) is 10.2 Å². The van der Waals surface area contributed by atoms with Crippen molar-refractivity contribution in [1.29, 1.82) is 0 Å². The quantitative estimate of drug-likeness (QED) is 0.790. The molecule has 90 valence electrons. The van der Waals surface area contributed by atoms with Crippen LogP contribution in [0.25, 0.3) is 0 Å². The lowest BCUT2D eigenvalue weighted by atomic mass is 9.86. The second kappa shape index (κ2) is 4.93. The van der Waals surface area contributed by atoms with Crippen LogP contribution < -0.4 is 5.73 Å². The summed E-state index contributed by atoms with van der Waals surface area (Å²) in [5.74, 6) is 1.47. The summed E-state index contributed by atoms with van der Waals surface area (Å²) < 4.78 is 1.96. The maximum atomic E-state index is 9.39. The molecule has 0 saturated heterocycles. The molecule has 5 nitrogen and oxygen atoms in total. The van der Waals surface area contributed by atoms with Gasteiger partial charge in [-0.15, -0.1) is 10.2 Å². The van der Waals surface area contributed by atoms with Crippen molar-refractivity contribution in [3.05, 3.63) is 12.2 Å². The molecule has 1 atom stereocenters. The monoisotopic (exact) mass is 224 g/mol. The van der Waals surface area contributed by atoms with Crippen molar-refractivity contribution in [2.75, 3.05) is 0 Å². The van der Waals surface area contributed by atoms with Crippen LogP contribution in [0.4, 0.5) is 0 Å². The molecule has 1 saturated carbocycles. The Bertz CT molecular complexity index is 328. The molecule has 0 radical (unpaired) electrons. The number of hydrogen-bond donors (Lipinski definition) is 2. The van der Waals surface area contributed by atoms with Crippen LogP contribution in [0.2, 0.25) is 0 Å². The number of hydrogen-bond acceptors (Lipinski definition) is 4. The Morgan fingerprint density at radius 2 is 2.19 bits per heavy atom. The molecule has 1 aliphatic carbocycles. The van der Waals surface area contributed by atoms with Gasteiger partial charge >= 0.3 is 0 Å². The second-order valence-electron chi connectivity index (χ2n) is 4.80. The van der Waals surface area contributed by atoms with E-state index in [1.165, 1.54) is 0 Å². The minimum Gasteiger partial charge on any atom is -0.392 e. The predicted molar refractivity (Wildman–Crippen MR) is 60.9 cm³/mol. The van der Waals surface area contributed by atoms with Crippen molar-refractivity contribution >= 4 is 0 Å². The third kappa shape index (κ3) is 2.59. The lowest BCUT2D eigenvalue weighted by molar-refractivity contribution is 0.170. The van der Waals surface area contributed by atoms with E-state index < -0.39 is 0 Å². The van der Waals surface area contributed by atoms with Crippen LogP contribution in [0.1, 0.15) is 44.3 Å². The molecule has 0 amide bonds. The summed E-state index contributed by atoms with van der Waals surface area (Å²) in [5, 5.41) is 17.5. The van der Waals surface area contributed by atoms with Crippen molar-refractivity contribution in [3.63, 3.8) is 0 Å². The number of rotatable bonds is 3. The lowest BCUT2D eigenvalue weighted by Crippen LogP contribution is -2.27. The largest absolute Gasteiger partial charge is 0.392 e. The fourth-order valence-electron chi connectivity index (χ4n) is 2.38. The molecule has 0 bridgehead atoms. The number of aliphatic hydroxyl groups excluding tert-OH is 1. The molecule has 3 N–H and O–H groups in total. The van der Waals surface area contributed by atoms with Crippen LogP contribution in [-0.2, 0) is 6.54 Å². The van der Waals surface area contributed by atoms with E-state index in [-0.39, 0.29) is 6.10 Å². The predicted octanol–water partition coefficient (Wildman–Crippen LogP) is 0.644. The van der Waals surface area contributed by atoms with Crippen LogP contribution in [-0.4, -0.2) is 32.0 Å².